The smallest absolute Gasteiger partial charge is 0.186 e. The number of benzene rings is 2. The van der Waals surface area contributed by atoms with Crippen LogP contribution < -0.4 is 9.64 Å². The molecule has 0 spiro atoms. The number of piperidine rings is 1. The first-order valence-electron chi connectivity index (χ1n) is 10.1. The number of nitrogens with zero attached hydrogens (tertiary/aromatic N) is 3. The lowest BCUT2D eigenvalue weighted by Crippen LogP contribution is -2.46. The van der Waals surface area contributed by atoms with Gasteiger partial charge in [-0.3, -0.25) is 0 Å². The molecule has 0 aliphatic carbocycles. The van der Waals surface area contributed by atoms with Crippen molar-refractivity contribution in [1.82, 2.24) is 9.88 Å². The number of rotatable bonds is 7. The standard InChI is InChI=1S/C22H25F2N3O2S.2ClH/c1-26(22-25-20-4-2-3-5-21(20)30-22)15-8-10-27(11-9-15)13-16(28)14-29-17-6-7-18(23)19(24)12-17;;/h2-7,12,15-16,28H,8-11,13-14H2,1H3;2*1H/t16-;;/m0../s1. The van der Waals surface area contributed by atoms with E-state index in [2.05, 4.69) is 22.9 Å². The van der Waals surface area contributed by atoms with E-state index in [9.17, 15) is 13.9 Å². The molecule has 0 amide bonds. The summed E-state index contributed by atoms with van der Waals surface area (Å²) in [5, 5.41) is 11.3. The molecule has 1 fully saturated rings. The van der Waals surface area contributed by atoms with Crippen LogP contribution in [-0.2, 0) is 0 Å². The summed E-state index contributed by atoms with van der Waals surface area (Å²) in [5.74, 6) is -1.66. The lowest BCUT2D eigenvalue weighted by Gasteiger charge is -2.37. The van der Waals surface area contributed by atoms with E-state index in [1.165, 1.54) is 10.8 Å². The highest BCUT2D eigenvalue weighted by Gasteiger charge is 2.25. The van der Waals surface area contributed by atoms with Crippen molar-refractivity contribution >= 4 is 51.5 Å². The Bertz CT molecular complexity index is 969. The molecular weight excluding hydrogens is 479 g/mol. The molecule has 0 saturated carbocycles. The van der Waals surface area contributed by atoms with Gasteiger partial charge in [0.1, 0.15) is 18.5 Å². The first-order chi connectivity index (χ1) is 14.5. The van der Waals surface area contributed by atoms with Crippen molar-refractivity contribution in [2.75, 3.05) is 38.2 Å². The van der Waals surface area contributed by atoms with Gasteiger partial charge in [0.15, 0.2) is 16.8 Å². The number of hydrogen-bond acceptors (Lipinski definition) is 6. The maximum Gasteiger partial charge on any atom is 0.186 e. The third kappa shape index (κ3) is 6.42. The Morgan fingerprint density at radius 1 is 1.16 bits per heavy atom. The lowest BCUT2D eigenvalue weighted by atomic mass is 10.0. The van der Waals surface area contributed by atoms with Crippen LogP contribution >= 0.6 is 36.2 Å². The first kappa shape index (κ1) is 26.5. The molecule has 1 N–H and O–H groups in total. The van der Waals surface area contributed by atoms with Gasteiger partial charge in [-0.1, -0.05) is 23.5 Å². The molecule has 176 valence electrons. The van der Waals surface area contributed by atoms with E-state index in [-0.39, 0.29) is 37.2 Å². The second kappa shape index (κ2) is 12.0. The molecule has 4 rings (SSSR count). The number of β-amino-alcohol motifs (C(OH)–C–C–N with tert-alkyl or cyclic N) is 1. The lowest BCUT2D eigenvalue weighted by molar-refractivity contribution is 0.0593. The molecule has 1 aliphatic rings. The number of hydrogen-bond donors (Lipinski definition) is 1. The highest BCUT2D eigenvalue weighted by Crippen LogP contribution is 2.30. The number of fused-ring (bicyclic) bond motifs is 1. The minimum atomic E-state index is -0.957. The van der Waals surface area contributed by atoms with Crippen LogP contribution in [0.2, 0.25) is 0 Å². The molecule has 1 saturated heterocycles. The Morgan fingerprint density at radius 3 is 2.56 bits per heavy atom. The number of aromatic nitrogens is 1. The van der Waals surface area contributed by atoms with Crippen molar-refractivity contribution in [3.8, 4) is 5.75 Å². The molecule has 3 aromatic rings. The Hall–Kier alpha value is -1.71. The summed E-state index contributed by atoms with van der Waals surface area (Å²) in [6.45, 7) is 2.28. The topological polar surface area (TPSA) is 48.8 Å². The van der Waals surface area contributed by atoms with E-state index >= 15 is 0 Å². The molecule has 1 aromatic heterocycles. The second-order valence-electron chi connectivity index (χ2n) is 7.65. The third-order valence-corrected chi connectivity index (χ3v) is 6.62. The van der Waals surface area contributed by atoms with Gasteiger partial charge in [-0.2, -0.15) is 0 Å². The van der Waals surface area contributed by atoms with Crippen molar-refractivity contribution in [1.29, 1.82) is 0 Å². The predicted molar refractivity (Wildman–Crippen MR) is 130 cm³/mol. The van der Waals surface area contributed by atoms with E-state index < -0.39 is 17.7 Å². The summed E-state index contributed by atoms with van der Waals surface area (Å²) in [5.41, 5.74) is 1.03. The van der Waals surface area contributed by atoms with E-state index in [0.717, 1.165) is 48.7 Å². The number of thiazole rings is 1. The van der Waals surface area contributed by atoms with E-state index in [1.54, 1.807) is 11.3 Å². The highest BCUT2D eigenvalue weighted by atomic mass is 35.5. The number of aliphatic hydroxyl groups excluding tert-OH is 1. The third-order valence-electron chi connectivity index (χ3n) is 5.49. The molecular formula is C22H27Cl2F2N3O2S. The number of ether oxygens (including phenoxy) is 1. The SMILES string of the molecule is CN(c1nc2ccccc2s1)C1CCN(C[C@H](O)COc2ccc(F)c(F)c2)CC1.Cl.Cl. The van der Waals surface area contributed by atoms with E-state index in [4.69, 9.17) is 9.72 Å². The van der Waals surface area contributed by atoms with Gasteiger partial charge < -0.3 is 19.6 Å². The molecule has 2 heterocycles. The van der Waals surface area contributed by atoms with Crippen LogP contribution in [0.4, 0.5) is 13.9 Å². The maximum absolute atomic E-state index is 13.2. The monoisotopic (exact) mass is 505 g/mol. The van der Waals surface area contributed by atoms with Crippen LogP contribution in [0, 0.1) is 11.6 Å². The minimum absolute atomic E-state index is 0. The average Bonchev–Trinajstić information content (AvgIpc) is 3.19. The fraction of sp³-hybridized carbons (Fsp3) is 0.409. The number of likely N-dealkylation sites (tertiary alicyclic amines) is 1. The molecule has 0 bridgehead atoms. The summed E-state index contributed by atoms with van der Waals surface area (Å²) < 4.78 is 32.8. The van der Waals surface area contributed by atoms with Crippen molar-refractivity contribution < 1.29 is 18.6 Å². The van der Waals surface area contributed by atoms with Crippen LogP contribution in [-0.4, -0.2) is 60.4 Å². The number of aliphatic hydroxyl groups is 1. The maximum atomic E-state index is 13.2. The Kier molecular flexibility index (Phi) is 9.91. The fourth-order valence-electron chi connectivity index (χ4n) is 3.77. The Labute approximate surface area is 202 Å². The van der Waals surface area contributed by atoms with Gasteiger partial charge in [0.05, 0.1) is 10.2 Å². The summed E-state index contributed by atoms with van der Waals surface area (Å²) in [6.07, 6.45) is 1.28. The van der Waals surface area contributed by atoms with Gasteiger partial charge in [0.2, 0.25) is 0 Å². The van der Waals surface area contributed by atoms with E-state index in [0.29, 0.717) is 12.6 Å². The zero-order valence-electron chi connectivity index (χ0n) is 17.6. The zero-order valence-corrected chi connectivity index (χ0v) is 20.1. The van der Waals surface area contributed by atoms with Crippen molar-refractivity contribution in [2.45, 2.75) is 25.0 Å². The molecule has 0 unspecified atom stereocenters. The van der Waals surface area contributed by atoms with Gasteiger partial charge in [-0.05, 0) is 37.1 Å². The largest absolute Gasteiger partial charge is 0.491 e. The first-order valence-corrected chi connectivity index (χ1v) is 10.9. The molecule has 1 atom stereocenters. The molecule has 32 heavy (non-hydrogen) atoms. The van der Waals surface area contributed by atoms with E-state index in [1.807, 2.05) is 18.2 Å². The highest BCUT2D eigenvalue weighted by molar-refractivity contribution is 7.22. The summed E-state index contributed by atoms with van der Waals surface area (Å²) in [7, 11) is 2.10. The van der Waals surface area contributed by atoms with Gasteiger partial charge in [-0.15, -0.1) is 24.8 Å². The number of para-hydroxylation sites is 1. The van der Waals surface area contributed by atoms with Crippen LogP contribution in [0.1, 0.15) is 12.8 Å². The molecule has 10 heteroatoms. The van der Waals surface area contributed by atoms with Gasteiger partial charge >= 0.3 is 0 Å². The molecule has 5 nitrogen and oxygen atoms in total. The Morgan fingerprint density at radius 2 is 1.88 bits per heavy atom. The van der Waals surface area contributed by atoms with Crippen molar-refractivity contribution in [2.24, 2.45) is 0 Å². The summed E-state index contributed by atoms with van der Waals surface area (Å²) in [6, 6.07) is 11.9. The summed E-state index contributed by atoms with van der Waals surface area (Å²) in [4.78, 5) is 9.22. The molecule has 2 aromatic carbocycles. The van der Waals surface area contributed by atoms with Gasteiger partial charge in [-0.25, -0.2) is 13.8 Å². The molecule has 0 radical (unpaired) electrons. The summed E-state index contributed by atoms with van der Waals surface area (Å²) >= 11 is 1.71. The van der Waals surface area contributed by atoms with Crippen LogP contribution in [0.5, 0.6) is 5.75 Å². The minimum Gasteiger partial charge on any atom is -0.491 e. The fourth-order valence-corrected chi connectivity index (χ4v) is 4.76. The predicted octanol–water partition coefficient (Wildman–Crippen LogP) is 4.76. The number of anilines is 1. The average molecular weight is 506 g/mol. The Balaban J connectivity index is 0.00000181. The second-order valence-corrected chi connectivity index (χ2v) is 8.66. The molecule has 1 aliphatic heterocycles. The van der Waals surface area contributed by atoms with Gasteiger partial charge in [0, 0.05) is 38.8 Å². The van der Waals surface area contributed by atoms with Crippen LogP contribution in [0.15, 0.2) is 42.5 Å². The van der Waals surface area contributed by atoms with Crippen molar-refractivity contribution in [3.63, 3.8) is 0 Å². The number of halogens is 4. The normalized spacial score (nSPS) is 15.6. The van der Waals surface area contributed by atoms with Crippen LogP contribution in [0.3, 0.4) is 0 Å². The van der Waals surface area contributed by atoms with Crippen LogP contribution in [0.25, 0.3) is 10.2 Å². The zero-order chi connectivity index (χ0) is 21.1. The quantitative estimate of drug-likeness (QED) is 0.501. The van der Waals surface area contributed by atoms with Crippen molar-refractivity contribution in [3.05, 3.63) is 54.1 Å². The van der Waals surface area contributed by atoms with Gasteiger partial charge in [0.25, 0.3) is 0 Å².